The first-order valence-electron chi connectivity index (χ1n) is 24.1. The van der Waals surface area contributed by atoms with Crippen LogP contribution in [0.4, 0.5) is 11.4 Å². The normalized spacial score (nSPS) is 16.1. The average molecular weight is 904 g/mol. The fourth-order valence-corrected chi connectivity index (χ4v) is 15.0. The van der Waals surface area contributed by atoms with Crippen LogP contribution in [0.3, 0.4) is 0 Å². The zero-order chi connectivity index (χ0) is 44.8. The summed E-state index contributed by atoms with van der Waals surface area (Å²) in [4.78, 5) is 5.50. The van der Waals surface area contributed by atoms with Crippen LogP contribution in [-0.4, -0.2) is 6.71 Å². The highest BCUT2D eigenvalue weighted by Gasteiger charge is 2.55. The van der Waals surface area contributed by atoms with Crippen molar-refractivity contribution in [2.45, 2.75) is 41.4 Å². The zero-order valence-corrected chi connectivity index (χ0v) is 39.2. The summed E-state index contributed by atoms with van der Waals surface area (Å²) >= 11 is 3.81. The van der Waals surface area contributed by atoms with Gasteiger partial charge in [0.2, 0.25) is 6.71 Å². The number of hydrogen-bond acceptors (Lipinski definition) is 3. The molecule has 4 aliphatic rings. The highest BCUT2D eigenvalue weighted by atomic mass is 32.2. The SMILES string of the molecule is c1ccc(C2(c3ccccc3)c3ccc(-c4cccc5sccc45)cc3B3c4ccc(N5C6=C(CCCC6)Sc6ccccc65)cc4C(c4ccccc4)(c4ccccc4)c4cccc2c43)cc1. The van der Waals surface area contributed by atoms with Gasteiger partial charge in [-0.05, 0) is 123 Å². The van der Waals surface area contributed by atoms with Gasteiger partial charge in [-0.3, -0.25) is 0 Å². The maximum absolute atomic E-state index is 2.64. The first kappa shape index (κ1) is 40.0. The van der Waals surface area contributed by atoms with Crippen molar-refractivity contribution in [3.05, 3.63) is 285 Å². The number of para-hydroxylation sites is 1. The largest absolute Gasteiger partial charge is 0.312 e. The first-order chi connectivity index (χ1) is 33.7. The van der Waals surface area contributed by atoms with Crippen molar-refractivity contribution >= 4 is 67.7 Å². The van der Waals surface area contributed by atoms with Gasteiger partial charge in [-0.15, -0.1) is 11.3 Å². The molecule has 10 aromatic rings. The van der Waals surface area contributed by atoms with Crippen molar-refractivity contribution in [1.29, 1.82) is 0 Å². The minimum Gasteiger partial charge on any atom is -0.312 e. The highest BCUT2D eigenvalue weighted by molar-refractivity contribution is 8.03. The second-order valence-electron chi connectivity index (χ2n) is 18.9. The number of fused-ring (bicyclic) bond motifs is 6. The minimum atomic E-state index is -0.653. The lowest BCUT2D eigenvalue weighted by Crippen LogP contribution is -2.68. The molecule has 0 amide bonds. The van der Waals surface area contributed by atoms with Crippen molar-refractivity contribution in [3.63, 3.8) is 0 Å². The molecule has 0 spiro atoms. The predicted molar refractivity (Wildman–Crippen MR) is 288 cm³/mol. The molecule has 68 heavy (non-hydrogen) atoms. The molecule has 0 bridgehead atoms. The van der Waals surface area contributed by atoms with Crippen LogP contribution in [0, 0.1) is 0 Å². The van der Waals surface area contributed by atoms with Crippen molar-refractivity contribution < 1.29 is 0 Å². The molecule has 0 fully saturated rings. The maximum Gasteiger partial charge on any atom is 0.242 e. The van der Waals surface area contributed by atoms with Crippen molar-refractivity contribution in [1.82, 2.24) is 0 Å². The molecule has 0 unspecified atom stereocenters. The predicted octanol–water partition coefficient (Wildman–Crippen LogP) is 14.5. The van der Waals surface area contributed by atoms with Gasteiger partial charge < -0.3 is 4.90 Å². The van der Waals surface area contributed by atoms with Gasteiger partial charge in [0.05, 0.1) is 16.5 Å². The zero-order valence-electron chi connectivity index (χ0n) is 37.6. The Labute approximate surface area is 407 Å². The third kappa shape index (κ3) is 5.65. The molecule has 1 aliphatic carbocycles. The van der Waals surface area contributed by atoms with Gasteiger partial charge in [-0.2, -0.15) is 0 Å². The van der Waals surface area contributed by atoms with Gasteiger partial charge in [0.15, 0.2) is 0 Å². The van der Waals surface area contributed by atoms with E-state index in [4.69, 9.17) is 0 Å². The van der Waals surface area contributed by atoms with E-state index in [0.29, 0.717) is 0 Å². The molecule has 0 saturated carbocycles. The average Bonchev–Trinajstić information content (AvgIpc) is 3.91. The Morgan fingerprint density at radius 1 is 0.456 bits per heavy atom. The lowest BCUT2D eigenvalue weighted by Gasteiger charge is -2.51. The number of nitrogens with zero attached hydrogens (tertiary/aromatic N) is 1. The van der Waals surface area contributed by atoms with E-state index in [1.165, 1.54) is 122 Å². The molecule has 9 aromatic carbocycles. The second kappa shape index (κ2) is 15.7. The van der Waals surface area contributed by atoms with E-state index in [2.05, 4.69) is 235 Å². The van der Waals surface area contributed by atoms with E-state index in [-0.39, 0.29) is 6.71 Å². The van der Waals surface area contributed by atoms with Gasteiger partial charge in [0.25, 0.3) is 0 Å². The summed E-state index contributed by atoms with van der Waals surface area (Å²) in [5, 5.41) is 3.54. The number of thioether (sulfide) groups is 1. The number of hydrogen-bond donors (Lipinski definition) is 0. The summed E-state index contributed by atoms with van der Waals surface area (Å²) in [6.07, 6.45) is 4.67. The van der Waals surface area contributed by atoms with Gasteiger partial charge in [0, 0.05) is 31.3 Å². The van der Waals surface area contributed by atoms with Crippen LogP contribution < -0.4 is 21.3 Å². The third-order valence-electron chi connectivity index (χ3n) is 15.6. The van der Waals surface area contributed by atoms with Crippen LogP contribution in [0.1, 0.15) is 70.2 Å². The van der Waals surface area contributed by atoms with Crippen LogP contribution in [0.2, 0.25) is 0 Å². The van der Waals surface area contributed by atoms with Crippen LogP contribution in [-0.2, 0) is 10.8 Å². The van der Waals surface area contributed by atoms with Crippen molar-refractivity contribution in [2.24, 2.45) is 0 Å². The monoisotopic (exact) mass is 903 g/mol. The summed E-state index contributed by atoms with van der Waals surface area (Å²) < 4.78 is 1.32. The van der Waals surface area contributed by atoms with E-state index in [1.54, 1.807) is 0 Å². The number of benzene rings is 9. The molecule has 0 radical (unpaired) electrons. The molecule has 0 saturated heterocycles. The summed E-state index contributed by atoms with van der Waals surface area (Å²) in [6.45, 7) is -0.0448. The van der Waals surface area contributed by atoms with Gasteiger partial charge >= 0.3 is 0 Å². The molecule has 322 valence electrons. The molecular weight excluding hydrogens is 858 g/mol. The lowest BCUT2D eigenvalue weighted by molar-refractivity contribution is 0.680. The molecule has 0 N–H and O–H groups in total. The smallest absolute Gasteiger partial charge is 0.242 e. The molecule has 3 aliphatic heterocycles. The Morgan fingerprint density at radius 3 is 1.74 bits per heavy atom. The standard InChI is InChI=1S/C64H46BNS2/c1-5-19-44(20-6-1)63(45-21-7-2-8-22-45)51-37-35-43(49-27-17-34-59-50(49)39-40-67-59)41-56(51)65-55-38-36-48(66-57-30-13-15-32-60(57)68-61-33-16-14-31-58(61)66)42-54(55)64(46-23-9-3-10-24-46,47-25-11-4-12-26-47)53-29-18-28-52(63)62(53)65/h1-13,15,17-30,32,34-42H,14,16,31,33H2. The number of thiophene rings is 1. The van der Waals surface area contributed by atoms with E-state index in [0.717, 1.165) is 12.8 Å². The summed E-state index contributed by atoms with van der Waals surface area (Å²) in [7, 11) is 0. The Hall–Kier alpha value is -7.11. The molecule has 4 heterocycles. The van der Waals surface area contributed by atoms with E-state index in [9.17, 15) is 0 Å². The second-order valence-corrected chi connectivity index (χ2v) is 20.9. The number of rotatable bonds is 6. The van der Waals surface area contributed by atoms with Gasteiger partial charge in [0.1, 0.15) is 0 Å². The Bertz CT molecular complexity index is 3540. The van der Waals surface area contributed by atoms with Crippen LogP contribution in [0.5, 0.6) is 0 Å². The molecule has 1 nitrogen and oxygen atoms in total. The molecule has 1 aromatic heterocycles. The Morgan fingerprint density at radius 2 is 1.06 bits per heavy atom. The molecule has 0 atom stereocenters. The van der Waals surface area contributed by atoms with Gasteiger partial charge in [-0.25, -0.2) is 0 Å². The van der Waals surface area contributed by atoms with Crippen molar-refractivity contribution in [2.75, 3.05) is 4.90 Å². The fourth-order valence-electron chi connectivity index (χ4n) is 13.0. The fraction of sp³-hybridized carbons (Fsp3) is 0.0938. The summed E-state index contributed by atoms with van der Waals surface area (Å²) in [5.74, 6) is 0. The third-order valence-corrected chi connectivity index (χ3v) is 17.7. The maximum atomic E-state index is 2.64. The number of anilines is 2. The lowest BCUT2D eigenvalue weighted by atomic mass is 9.26. The van der Waals surface area contributed by atoms with Crippen LogP contribution in [0.25, 0.3) is 21.2 Å². The quantitative estimate of drug-likeness (QED) is 0.153. The topological polar surface area (TPSA) is 3.24 Å². The minimum absolute atomic E-state index is 0.0448. The number of allylic oxidation sites excluding steroid dienone is 2. The molecular formula is C64H46BNS2. The van der Waals surface area contributed by atoms with Crippen LogP contribution >= 0.6 is 23.1 Å². The summed E-state index contributed by atoms with van der Waals surface area (Å²) in [5.41, 5.74) is 19.9. The Kier molecular flexibility index (Phi) is 9.26. The Balaban J connectivity index is 1.15. The van der Waals surface area contributed by atoms with Gasteiger partial charge in [-0.1, -0.05) is 216 Å². The van der Waals surface area contributed by atoms with E-state index in [1.807, 2.05) is 23.1 Å². The molecule has 4 heteroatoms. The van der Waals surface area contributed by atoms with Crippen LogP contribution in [0.15, 0.2) is 245 Å². The van der Waals surface area contributed by atoms with Crippen molar-refractivity contribution in [3.8, 4) is 11.1 Å². The summed E-state index contributed by atoms with van der Waals surface area (Å²) in [6, 6.07) is 86.2. The highest BCUT2D eigenvalue weighted by Crippen LogP contribution is 2.55. The van der Waals surface area contributed by atoms with E-state index < -0.39 is 10.8 Å². The van der Waals surface area contributed by atoms with E-state index >= 15 is 0 Å². The molecule has 14 rings (SSSR count). The first-order valence-corrected chi connectivity index (χ1v) is 25.8.